The van der Waals surface area contributed by atoms with Gasteiger partial charge in [-0.2, -0.15) is 4.31 Å². The van der Waals surface area contributed by atoms with Gasteiger partial charge in [0.1, 0.15) is 12.4 Å². The third kappa shape index (κ3) is 5.41. The fourth-order valence-electron chi connectivity index (χ4n) is 3.97. The second-order valence-corrected chi connectivity index (χ2v) is 9.89. The van der Waals surface area contributed by atoms with E-state index in [4.69, 9.17) is 14.2 Å². The lowest BCUT2D eigenvalue weighted by atomic mass is 10.1. The Bertz CT molecular complexity index is 1280. The minimum atomic E-state index is -4.02. The highest BCUT2D eigenvalue weighted by atomic mass is 32.2. The Morgan fingerprint density at radius 1 is 0.971 bits per heavy atom. The first kappa shape index (κ1) is 24.6. The highest BCUT2D eigenvalue weighted by Gasteiger charge is 2.31. The third-order valence-corrected chi connectivity index (χ3v) is 7.67. The average Bonchev–Trinajstić information content (AvgIpc) is 2.90. The number of sulfonamides is 1. The summed E-state index contributed by atoms with van der Waals surface area (Å²) < 4.78 is 44.8. The number of carbonyl (C=O) groups is 1. The van der Waals surface area contributed by atoms with Crippen molar-refractivity contribution in [2.75, 3.05) is 45.4 Å². The standard InChI is InChI=1S/C26H28N2O6S/c1-32-24-13-12-21(18-25(24)33-2)35(30,31)27(15-14-20-8-4-3-5-9-20)19-26(29)28-16-17-34-23-11-7-6-10-22(23)28/h3-13,18H,14-17,19H2,1-2H3. The van der Waals surface area contributed by atoms with E-state index in [2.05, 4.69) is 0 Å². The Morgan fingerprint density at radius 2 is 1.69 bits per heavy atom. The van der Waals surface area contributed by atoms with Crippen molar-refractivity contribution in [1.82, 2.24) is 4.31 Å². The molecule has 0 unspecified atom stereocenters. The smallest absolute Gasteiger partial charge is 0.243 e. The number of methoxy groups -OCH3 is 2. The van der Waals surface area contributed by atoms with Gasteiger partial charge >= 0.3 is 0 Å². The Labute approximate surface area is 205 Å². The Kier molecular flexibility index (Phi) is 7.57. The molecule has 184 valence electrons. The molecule has 0 radical (unpaired) electrons. The lowest BCUT2D eigenvalue weighted by Gasteiger charge is -2.31. The fraction of sp³-hybridized carbons (Fsp3) is 0.269. The number of fused-ring (bicyclic) bond motifs is 1. The van der Waals surface area contributed by atoms with Crippen LogP contribution in [0.1, 0.15) is 5.56 Å². The molecule has 0 saturated carbocycles. The molecule has 1 aliphatic heterocycles. The van der Waals surface area contributed by atoms with Crippen LogP contribution >= 0.6 is 0 Å². The van der Waals surface area contributed by atoms with E-state index >= 15 is 0 Å². The van der Waals surface area contributed by atoms with E-state index < -0.39 is 10.0 Å². The van der Waals surface area contributed by atoms with Crippen molar-refractivity contribution in [3.8, 4) is 17.2 Å². The summed E-state index contributed by atoms with van der Waals surface area (Å²) in [5, 5.41) is 0. The van der Waals surface area contributed by atoms with Gasteiger partial charge in [0.15, 0.2) is 11.5 Å². The van der Waals surface area contributed by atoms with Gasteiger partial charge in [0.25, 0.3) is 0 Å². The van der Waals surface area contributed by atoms with Crippen molar-refractivity contribution < 1.29 is 27.4 Å². The van der Waals surface area contributed by atoms with Crippen LogP contribution in [0.2, 0.25) is 0 Å². The number of hydrogen-bond acceptors (Lipinski definition) is 6. The lowest BCUT2D eigenvalue weighted by molar-refractivity contribution is -0.119. The van der Waals surface area contributed by atoms with Gasteiger partial charge in [0.05, 0.1) is 37.9 Å². The van der Waals surface area contributed by atoms with Crippen LogP contribution in [0, 0.1) is 0 Å². The van der Waals surface area contributed by atoms with Crippen LogP contribution in [0.5, 0.6) is 17.2 Å². The van der Waals surface area contributed by atoms with Crippen molar-refractivity contribution in [1.29, 1.82) is 0 Å². The maximum absolute atomic E-state index is 13.7. The molecule has 0 N–H and O–H groups in total. The highest BCUT2D eigenvalue weighted by Crippen LogP contribution is 2.33. The van der Waals surface area contributed by atoms with E-state index in [1.807, 2.05) is 42.5 Å². The Balaban J connectivity index is 1.64. The summed E-state index contributed by atoms with van der Waals surface area (Å²) in [5.74, 6) is 0.997. The van der Waals surface area contributed by atoms with E-state index in [1.165, 1.54) is 30.7 Å². The molecule has 8 nitrogen and oxygen atoms in total. The maximum Gasteiger partial charge on any atom is 0.243 e. The van der Waals surface area contributed by atoms with Gasteiger partial charge < -0.3 is 19.1 Å². The van der Waals surface area contributed by atoms with Crippen molar-refractivity contribution in [2.45, 2.75) is 11.3 Å². The molecule has 0 aromatic heterocycles. The van der Waals surface area contributed by atoms with Crippen molar-refractivity contribution >= 4 is 21.6 Å². The molecule has 35 heavy (non-hydrogen) atoms. The van der Waals surface area contributed by atoms with Gasteiger partial charge in [0, 0.05) is 12.6 Å². The second kappa shape index (κ2) is 10.8. The van der Waals surface area contributed by atoms with Crippen molar-refractivity contribution in [2.24, 2.45) is 0 Å². The number of nitrogens with zero attached hydrogens (tertiary/aromatic N) is 2. The predicted octanol–water partition coefficient (Wildman–Crippen LogP) is 3.36. The summed E-state index contributed by atoms with van der Waals surface area (Å²) >= 11 is 0. The minimum absolute atomic E-state index is 0.0263. The van der Waals surface area contributed by atoms with Crippen LogP contribution in [0.15, 0.2) is 77.7 Å². The summed E-state index contributed by atoms with van der Waals surface area (Å²) in [4.78, 5) is 15.0. The molecule has 9 heteroatoms. The average molecular weight is 497 g/mol. The normalized spacial score (nSPS) is 13.2. The number of hydrogen-bond donors (Lipinski definition) is 0. The van der Waals surface area contributed by atoms with Crippen molar-refractivity contribution in [3.63, 3.8) is 0 Å². The van der Waals surface area contributed by atoms with Crippen LogP contribution in [0.4, 0.5) is 5.69 Å². The molecule has 1 heterocycles. The zero-order valence-corrected chi connectivity index (χ0v) is 20.5. The molecule has 3 aromatic rings. The highest BCUT2D eigenvalue weighted by molar-refractivity contribution is 7.89. The fourth-order valence-corrected chi connectivity index (χ4v) is 5.38. The zero-order valence-electron chi connectivity index (χ0n) is 19.7. The molecule has 0 spiro atoms. The molecular weight excluding hydrogens is 468 g/mol. The second-order valence-electron chi connectivity index (χ2n) is 7.95. The molecular formula is C26H28N2O6S. The van der Waals surface area contributed by atoms with Crippen LogP contribution in [0.25, 0.3) is 0 Å². The van der Waals surface area contributed by atoms with E-state index in [9.17, 15) is 13.2 Å². The summed E-state index contributed by atoms with van der Waals surface area (Å²) in [7, 11) is -1.09. The molecule has 0 aliphatic carbocycles. The molecule has 0 fully saturated rings. The van der Waals surface area contributed by atoms with E-state index in [-0.39, 0.29) is 23.9 Å². The van der Waals surface area contributed by atoms with E-state index in [0.29, 0.717) is 42.5 Å². The summed E-state index contributed by atoms with van der Waals surface area (Å²) in [6.45, 7) is 0.518. The Morgan fingerprint density at radius 3 is 2.43 bits per heavy atom. The first-order chi connectivity index (χ1) is 16.9. The molecule has 1 aliphatic rings. The van der Waals surface area contributed by atoms with Gasteiger partial charge in [0.2, 0.25) is 15.9 Å². The third-order valence-electron chi connectivity index (χ3n) is 5.83. The van der Waals surface area contributed by atoms with Crippen LogP contribution in [-0.2, 0) is 21.2 Å². The van der Waals surface area contributed by atoms with Crippen LogP contribution < -0.4 is 19.1 Å². The lowest BCUT2D eigenvalue weighted by Crippen LogP contribution is -2.46. The molecule has 0 atom stereocenters. The molecule has 1 amide bonds. The van der Waals surface area contributed by atoms with Gasteiger partial charge in [-0.3, -0.25) is 4.79 Å². The van der Waals surface area contributed by atoms with Gasteiger partial charge in [-0.1, -0.05) is 42.5 Å². The summed E-state index contributed by atoms with van der Waals surface area (Å²) in [6, 6.07) is 21.2. The summed E-state index contributed by atoms with van der Waals surface area (Å²) in [5.41, 5.74) is 1.61. The number of anilines is 1. The Hall–Kier alpha value is -3.56. The van der Waals surface area contributed by atoms with E-state index in [0.717, 1.165) is 5.56 Å². The number of rotatable bonds is 9. The number of ether oxygens (including phenoxy) is 3. The minimum Gasteiger partial charge on any atom is -0.493 e. The predicted molar refractivity (Wildman–Crippen MR) is 133 cm³/mol. The monoisotopic (exact) mass is 496 g/mol. The quantitative estimate of drug-likeness (QED) is 0.452. The zero-order chi connectivity index (χ0) is 24.8. The summed E-state index contributed by atoms with van der Waals surface area (Å²) in [6.07, 6.45) is 0.459. The molecule has 0 bridgehead atoms. The molecule has 4 rings (SSSR count). The SMILES string of the molecule is COc1ccc(S(=O)(=O)N(CCc2ccccc2)CC(=O)N2CCOc3ccccc32)cc1OC. The number of para-hydroxylation sites is 2. The topological polar surface area (TPSA) is 85.4 Å². The first-order valence-electron chi connectivity index (χ1n) is 11.2. The van der Waals surface area contributed by atoms with Gasteiger partial charge in [-0.15, -0.1) is 0 Å². The van der Waals surface area contributed by atoms with Gasteiger partial charge in [-0.25, -0.2) is 8.42 Å². The largest absolute Gasteiger partial charge is 0.493 e. The molecule has 0 saturated heterocycles. The van der Waals surface area contributed by atoms with E-state index in [1.54, 1.807) is 23.1 Å². The van der Waals surface area contributed by atoms with Gasteiger partial charge in [-0.05, 0) is 36.2 Å². The number of benzene rings is 3. The van der Waals surface area contributed by atoms with Crippen molar-refractivity contribution in [3.05, 3.63) is 78.4 Å². The first-order valence-corrected chi connectivity index (χ1v) is 12.7. The number of amides is 1. The number of carbonyl (C=O) groups excluding carboxylic acids is 1. The van der Waals surface area contributed by atoms with Crippen LogP contribution in [0.3, 0.4) is 0 Å². The van der Waals surface area contributed by atoms with Crippen LogP contribution in [-0.4, -0.2) is 59.1 Å². The molecule has 3 aromatic carbocycles. The maximum atomic E-state index is 13.7.